The first kappa shape index (κ1) is 22.9. The van der Waals surface area contributed by atoms with Crippen LogP contribution in [0.4, 0.5) is 18.9 Å². The first-order chi connectivity index (χ1) is 14.2. The Morgan fingerprint density at radius 2 is 1.77 bits per heavy atom. The molecule has 0 unspecified atom stereocenters. The van der Waals surface area contributed by atoms with E-state index in [1.54, 1.807) is 0 Å². The first-order valence-electron chi connectivity index (χ1n) is 9.82. The average molecular weight is 504 g/mol. The lowest BCUT2D eigenvalue weighted by Crippen LogP contribution is -2.39. The molecule has 1 saturated carbocycles. The Bertz CT molecular complexity index is 933. The van der Waals surface area contributed by atoms with Crippen molar-refractivity contribution in [2.45, 2.75) is 45.6 Å². The van der Waals surface area contributed by atoms with E-state index in [0.29, 0.717) is 5.92 Å². The van der Waals surface area contributed by atoms with Crippen LogP contribution in [0.1, 0.15) is 47.2 Å². The third-order valence-corrected chi connectivity index (χ3v) is 6.87. The van der Waals surface area contributed by atoms with Gasteiger partial charge in [0.2, 0.25) is 0 Å². The Morgan fingerprint density at radius 3 is 2.40 bits per heavy atom. The van der Waals surface area contributed by atoms with E-state index in [1.165, 1.54) is 5.56 Å². The molecule has 1 amide bonds. The Balaban J connectivity index is 1.55. The monoisotopic (exact) mass is 502 g/mol. The van der Waals surface area contributed by atoms with Crippen molar-refractivity contribution in [3.8, 4) is 0 Å². The Morgan fingerprint density at radius 1 is 1.10 bits per heavy atom. The number of carbonyl (C=O) groups excluding carboxylic acids is 1. The summed E-state index contributed by atoms with van der Waals surface area (Å²) in [7, 11) is 0. The van der Waals surface area contributed by atoms with Gasteiger partial charge in [0.1, 0.15) is 5.82 Å². The van der Waals surface area contributed by atoms with E-state index in [2.05, 4.69) is 26.6 Å². The minimum Gasteiger partial charge on any atom is -0.385 e. The highest BCUT2D eigenvalue weighted by Crippen LogP contribution is 2.30. The molecule has 0 aliphatic heterocycles. The molecule has 1 aliphatic rings. The van der Waals surface area contributed by atoms with Gasteiger partial charge in [0, 0.05) is 28.3 Å². The number of aryl methyl sites for hydroxylation is 1. The number of rotatable bonds is 5. The molecule has 0 radical (unpaired) electrons. The van der Waals surface area contributed by atoms with Gasteiger partial charge in [0.05, 0.1) is 10.6 Å². The fraction of sp³-hybridized carbons (Fsp3) is 0.409. The van der Waals surface area contributed by atoms with E-state index < -0.39 is 39.5 Å². The molecule has 1 fully saturated rings. The van der Waals surface area contributed by atoms with Crippen molar-refractivity contribution in [2.75, 3.05) is 11.9 Å². The maximum atomic E-state index is 14.3. The summed E-state index contributed by atoms with van der Waals surface area (Å²) in [5, 5.41) is 5.33. The van der Waals surface area contributed by atoms with Gasteiger partial charge >= 0.3 is 0 Å². The molecule has 30 heavy (non-hydrogen) atoms. The fourth-order valence-corrected chi connectivity index (χ4v) is 4.31. The lowest BCUT2D eigenvalue weighted by molar-refractivity contribution is 0.0918. The van der Waals surface area contributed by atoms with Crippen molar-refractivity contribution >= 4 is 39.1 Å². The summed E-state index contributed by atoms with van der Waals surface area (Å²) < 4.78 is 42.8. The lowest BCUT2D eigenvalue weighted by Gasteiger charge is -2.29. The van der Waals surface area contributed by atoms with Gasteiger partial charge in [-0.15, -0.1) is 0 Å². The first-order valence-corrected chi connectivity index (χ1v) is 11.0. The number of benzene rings is 2. The lowest BCUT2D eigenvalue weighted by atomic mass is 9.85. The summed E-state index contributed by atoms with van der Waals surface area (Å²) in [5.41, 5.74) is 1.02. The minimum absolute atomic E-state index is 0.161. The van der Waals surface area contributed by atoms with E-state index in [1.807, 2.05) is 25.1 Å². The molecule has 2 N–H and O–H groups in total. The van der Waals surface area contributed by atoms with Gasteiger partial charge in [-0.25, -0.2) is 13.2 Å². The Kier molecular flexibility index (Phi) is 7.34. The molecule has 0 atom stereocenters. The van der Waals surface area contributed by atoms with E-state index in [9.17, 15) is 18.0 Å². The van der Waals surface area contributed by atoms with Crippen molar-refractivity contribution in [3.05, 3.63) is 61.8 Å². The third kappa shape index (κ3) is 4.94. The molecular weight excluding hydrogens is 481 g/mol. The molecular formula is C22H23BrClF3N2O. The van der Waals surface area contributed by atoms with Gasteiger partial charge in [-0.05, 0) is 63.1 Å². The van der Waals surface area contributed by atoms with Gasteiger partial charge in [-0.1, -0.05) is 33.6 Å². The molecule has 0 aromatic heterocycles. The Hall–Kier alpha value is -1.73. The maximum absolute atomic E-state index is 14.3. The molecule has 3 rings (SSSR count). The topological polar surface area (TPSA) is 41.1 Å². The normalized spacial score (nSPS) is 18.9. The van der Waals surface area contributed by atoms with Gasteiger partial charge in [-0.3, -0.25) is 4.79 Å². The summed E-state index contributed by atoms with van der Waals surface area (Å²) in [6.45, 7) is 3.93. The second kappa shape index (κ2) is 9.60. The number of carbonyl (C=O) groups is 1. The van der Waals surface area contributed by atoms with E-state index in [0.717, 1.165) is 49.3 Å². The standard InChI is InChI=1S/C22H23BrClF3N2O/c1-11-3-6-15(9-16(11)23)28-10-13-4-7-14(8-5-13)29-22(30)17-18(24)21(27)20(26)12(2)19(17)25/h3,6,9,13-14,28H,4-5,7-8,10H2,1-2H3,(H,29,30). The molecule has 2 aromatic rings. The third-order valence-electron chi connectivity index (χ3n) is 5.66. The summed E-state index contributed by atoms with van der Waals surface area (Å²) in [5.74, 6) is -4.27. The highest BCUT2D eigenvalue weighted by atomic mass is 79.9. The van der Waals surface area contributed by atoms with Crippen LogP contribution in [0.2, 0.25) is 5.02 Å². The highest BCUT2D eigenvalue weighted by Gasteiger charge is 2.29. The second-order valence-electron chi connectivity index (χ2n) is 7.79. The summed E-state index contributed by atoms with van der Waals surface area (Å²) in [6.07, 6.45) is 3.21. The van der Waals surface area contributed by atoms with Crippen LogP contribution in [-0.4, -0.2) is 18.5 Å². The number of nitrogens with one attached hydrogen (secondary N) is 2. The maximum Gasteiger partial charge on any atom is 0.256 e. The van der Waals surface area contributed by atoms with Crippen LogP contribution >= 0.6 is 27.5 Å². The molecule has 1 aliphatic carbocycles. The van der Waals surface area contributed by atoms with Gasteiger partial charge in [0.15, 0.2) is 11.6 Å². The van der Waals surface area contributed by atoms with E-state index in [4.69, 9.17) is 11.6 Å². The summed E-state index contributed by atoms with van der Waals surface area (Å²) in [6, 6.07) is 5.96. The van der Waals surface area contributed by atoms with Crippen LogP contribution in [0.25, 0.3) is 0 Å². The van der Waals surface area contributed by atoms with Crippen molar-refractivity contribution in [1.82, 2.24) is 5.32 Å². The van der Waals surface area contributed by atoms with Crippen molar-refractivity contribution in [2.24, 2.45) is 5.92 Å². The van der Waals surface area contributed by atoms with Gasteiger partial charge < -0.3 is 10.6 Å². The average Bonchev–Trinajstić information content (AvgIpc) is 2.73. The molecule has 0 bridgehead atoms. The minimum atomic E-state index is -1.40. The predicted molar refractivity (Wildman–Crippen MR) is 117 cm³/mol. The zero-order valence-corrected chi connectivity index (χ0v) is 19.1. The molecule has 0 heterocycles. The largest absolute Gasteiger partial charge is 0.385 e. The van der Waals surface area contributed by atoms with Crippen LogP contribution in [-0.2, 0) is 0 Å². The number of anilines is 1. The summed E-state index contributed by atoms with van der Waals surface area (Å²) >= 11 is 9.23. The summed E-state index contributed by atoms with van der Waals surface area (Å²) in [4.78, 5) is 12.5. The zero-order chi connectivity index (χ0) is 22.0. The zero-order valence-electron chi connectivity index (χ0n) is 16.7. The van der Waals surface area contributed by atoms with Crippen LogP contribution in [0.5, 0.6) is 0 Å². The van der Waals surface area contributed by atoms with Crippen LogP contribution < -0.4 is 10.6 Å². The quantitative estimate of drug-likeness (QED) is 0.359. The van der Waals surface area contributed by atoms with Gasteiger partial charge in [0.25, 0.3) is 5.91 Å². The number of amides is 1. The molecule has 8 heteroatoms. The highest BCUT2D eigenvalue weighted by molar-refractivity contribution is 9.10. The van der Waals surface area contributed by atoms with Crippen molar-refractivity contribution in [3.63, 3.8) is 0 Å². The fourth-order valence-electron chi connectivity index (χ4n) is 3.68. The van der Waals surface area contributed by atoms with Crippen LogP contribution in [0.3, 0.4) is 0 Å². The van der Waals surface area contributed by atoms with E-state index in [-0.39, 0.29) is 6.04 Å². The predicted octanol–water partition coefficient (Wildman–Crippen LogP) is 6.54. The van der Waals surface area contributed by atoms with Crippen LogP contribution in [0.15, 0.2) is 22.7 Å². The second-order valence-corrected chi connectivity index (χ2v) is 9.02. The van der Waals surface area contributed by atoms with Crippen molar-refractivity contribution in [1.29, 1.82) is 0 Å². The smallest absolute Gasteiger partial charge is 0.256 e. The molecule has 162 valence electrons. The molecule has 3 nitrogen and oxygen atoms in total. The van der Waals surface area contributed by atoms with Gasteiger partial charge in [-0.2, -0.15) is 0 Å². The van der Waals surface area contributed by atoms with Crippen molar-refractivity contribution < 1.29 is 18.0 Å². The Labute approximate surface area is 187 Å². The number of halogens is 5. The number of hydrogen-bond acceptors (Lipinski definition) is 2. The number of hydrogen-bond donors (Lipinski definition) is 2. The molecule has 0 saturated heterocycles. The molecule has 0 spiro atoms. The molecule has 2 aromatic carbocycles. The van der Waals surface area contributed by atoms with E-state index >= 15 is 0 Å². The van der Waals surface area contributed by atoms with Crippen LogP contribution in [0, 0.1) is 37.2 Å². The SMILES string of the molecule is Cc1ccc(NCC2CCC(NC(=O)c3c(F)c(C)c(F)c(F)c3Cl)CC2)cc1Br.